The first kappa shape index (κ1) is 22.9. The lowest BCUT2D eigenvalue weighted by Gasteiger charge is -2.13. The highest BCUT2D eigenvalue weighted by Crippen LogP contribution is 2.29. The van der Waals surface area contributed by atoms with Crippen molar-refractivity contribution in [1.82, 2.24) is 14.5 Å². The average molecular weight is 509 g/mol. The number of aromatic amines is 1. The van der Waals surface area contributed by atoms with Gasteiger partial charge in [0.05, 0.1) is 24.2 Å². The highest BCUT2D eigenvalue weighted by atomic mass is 35.5. The Balaban J connectivity index is 1.54. The lowest BCUT2D eigenvalue weighted by Crippen LogP contribution is -2.23. The third kappa shape index (κ3) is 4.48. The second-order valence-electron chi connectivity index (χ2n) is 7.59. The van der Waals surface area contributed by atoms with Gasteiger partial charge >= 0.3 is 0 Å². The summed E-state index contributed by atoms with van der Waals surface area (Å²) in [4.78, 5) is 34.1. The van der Waals surface area contributed by atoms with Crippen molar-refractivity contribution in [2.75, 3.05) is 18.2 Å². The molecule has 2 N–H and O–H groups in total. The van der Waals surface area contributed by atoms with Crippen molar-refractivity contribution in [3.05, 3.63) is 87.9 Å². The third-order valence-corrected chi connectivity index (χ3v) is 6.52. The summed E-state index contributed by atoms with van der Waals surface area (Å²) in [7, 11) is 1.50. The maximum Gasteiger partial charge on any atom is 0.283 e. The third-order valence-electron chi connectivity index (χ3n) is 5.35. The molecule has 0 radical (unpaired) electrons. The molecule has 35 heavy (non-hydrogen) atoms. The summed E-state index contributed by atoms with van der Waals surface area (Å²) in [6.07, 6.45) is 0. The first-order valence-corrected chi connectivity index (χ1v) is 11.9. The SMILES string of the molecule is COc1ccc(Cl)cc1NC(=O)CSc1nc2c([nH]c3ccccc32)c(=O)n1-c1ccc(F)cc1. The molecular weight excluding hydrogens is 491 g/mol. The Hall–Kier alpha value is -3.82. The molecule has 0 saturated heterocycles. The van der Waals surface area contributed by atoms with Crippen LogP contribution < -0.4 is 15.6 Å². The van der Waals surface area contributed by atoms with Gasteiger partial charge in [-0.25, -0.2) is 9.37 Å². The molecule has 0 saturated carbocycles. The fourth-order valence-electron chi connectivity index (χ4n) is 3.75. The van der Waals surface area contributed by atoms with E-state index in [1.807, 2.05) is 24.3 Å². The van der Waals surface area contributed by atoms with Crippen LogP contribution in [0.1, 0.15) is 0 Å². The Bertz CT molecular complexity index is 1630. The highest BCUT2D eigenvalue weighted by Gasteiger charge is 2.18. The maximum absolute atomic E-state index is 13.6. The molecule has 3 aromatic carbocycles. The molecule has 0 atom stereocenters. The summed E-state index contributed by atoms with van der Waals surface area (Å²) >= 11 is 7.14. The molecule has 7 nitrogen and oxygen atoms in total. The second-order valence-corrected chi connectivity index (χ2v) is 8.97. The number of nitrogens with zero attached hydrogens (tertiary/aromatic N) is 2. The summed E-state index contributed by atoms with van der Waals surface area (Å²) in [5, 5.41) is 4.32. The van der Waals surface area contributed by atoms with Crippen LogP contribution in [-0.4, -0.2) is 33.3 Å². The maximum atomic E-state index is 13.6. The van der Waals surface area contributed by atoms with Gasteiger partial charge in [0.15, 0.2) is 5.16 Å². The molecule has 1 amide bonds. The largest absolute Gasteiger partial charge is 0.495 e. The minimum absolute atomic E-state index is 0.0445. The van der Waals surface area contributed by atoms with Crippen LogP contribution in [0.25, 0.3) is 27.6 Å². The van der Waals surface area contributed by atoms with Crippen molar-refractivity contribution in [1.29, 1.82) is 0 Å². The van der Waals surface area contributed by atoms with Gasteiger partial charge in [0, 0.05) is 15.9 Å². The van der Waals surface area contributed by atoms with Gasteiger partial charge in [-0.1, -0.05) is 41.6 Å². The number of carbonyl (C=O) groups is 1. The van der Waals surface area contributed by atoms with Crippen molar-refractivity contribution >= 4 is 56.9 Å². The van der Waals surface area contributed by atoms with Crippen LogP contribution in [-0.2, 0) is 4.79 Å². The molecular formula is C25H18ClFN4O3S. The smallest absolute Gasteiger partial charge is 0.283 e. The highest BCUT2D eigenvalue weighted by molar-refractivity contribution is 7.99. The molecule has 176 valence electrons. The summed E-state index contributed by atoms with van der Waals surface area (Å²) in [6.45, 7) is 0. The van der Waals surface area contributed by atoms with Crippen LogP contribution in [0.3, 0.4) is 0 Å². The summed E-state index contributed by atoms with van der Waals surface area (Å²) in [6, 6.07) is 17.9. The van der Waals surface area contributed by atoms with Crippen LogP contribution in [0.4, 0.5) is 10.1 Å². The van der Waals surface area contributed by atoms with E-state index < -0.39 is 5.82 Å². The van der Waals surface area contributed by atoms with Gasteiger partial charge in [0.25, 0.3) is 5.56 Å². The Morgan fingerprint density at radius 1 is 1.17 bits per heavy atom. The van der Waals surface area contributed by atoms with Gasteiger partial charge in [0.1, 0.15) is 22.6 Å². The van der Waals surface area contributed by atoms with E-state index in [0.717, 1.165) is 22.7 Å². The number of nitrogens with one attached hydrogen (secondary N) is 2. The van der Waals surface area contributed by atoms with E-state index in [-0.39, 0.29) is 17.2 Å². The number of H-pyrrole nitrogens is 1. The van der Waals surface area contributed by atoms with Crippen molar-refractivity contribution in [2.24, 2.45) is 0 Å². The predicted molar refractivity (Wildman–Crippen MR) is 137 cm³/mol. The standard InChI is InChI=1S/C25H18ClFN4O3S/c1-34-20-11-6-14(26)12-19(20)28-21(32)13-35-25-30-22-17-4-2-3-5-18(17)29-23(22)24(33)31(25)16-9-7-15(27)8-10-16/h2-12,29H,13H2,1H3,(H,28,32). The van der Waals surface area contributed by atoms with E-state index in [1.165, 1.54) is 35.9 Å². The monoisotopic (exact) mass is 508 g/mol. The number of fused-ring (bicyclic) bond motifs is 3. The second kappa shape index (κ2) is 9.44. The molecule has 0 aliphatic carbocycles. The summed E-state index contributed by atoms with van der Waals surface area (Å²) in [5.41, 5.74) is 2.12. The molecule has 5 aromatic rings. The van der Waals surface area contributed by atoms with Gasteiger partial charge in [-0.05, 0) is 48.5 Å². The van der Waals surface area contributed by atoms with Crippen molar-refractivity contribution in [3.8, 4) is 11.4 Å². The topological polar surface area (TPSA) is 89.0 Å². The lowest BCUT2D eigenvalue weighted by atomic mass is 10.2. The van der Waals surface area contributed by atoms with Gasteiger partial charge in [0.2, 0.25) is 5.91 Å². The zero-order valence-electron chi connectivity index (χ0n) is 18.3. The van der Waals surface area contributed by atoms with Crippen LogP contribution in [0, 0.1) is 5.82 Å². The zero-order valence-corrected chi connectivity index (χ0v) is 19.9. The number of ether oxygens (including phenoxy) is 1. The molecule has 2 heterocycles. The van der Waals surface area contributed by atoms with E-state index in [9.17, 15) is 14.0 Å². The molecule has 10 heteroatoms. The molecule has 0 aliphatic rings. The minimum Gasteiger partial charge on any atom is -0.495 e. The van der Waals surface area contributed by atoms with E-state index >= 15 is 0 Å². The van der Waals surface area contributed by atoms with Crippen LogP contribution in [0.2, 0.25) is 5.02 Å². The fraction of sp³-hybridized carbons (Fsp3) is 0.0800. The molecule has 0 fully saturated rings. The number of thioether (sulfide) groups is 1. The number of rotatable bonds is 6. The first-order valence-electron chi connectivity index (χ1n) is 10.5. The number of hydrogen-bond acceptors (Lipinski definition) is 5. The van der Waals surface area contributed by atoms with E-state index in [2.05, 4.69) is 10.3 Å². The molecule has 0 aliphatic heterocycles. The lowest BCUT2D eigenvalue weighted by molar-refractivity contribution is -0.113. The number of carbonyl (C=O) groups excluding carboxylic acids is 1. The normalized spacial score (nSPS) is 11.2. The van der Waals surface area contributed by atoms with Crippen molar-refractivity contribution in [3.63, 3.8) is 0 Å². The summed E-state index contributed by atoms with van der Waals surface area (Å²) in [5.74, 6) is -0.341. The summed E-state index contributed by atoms with van der Waals surface area (Å²) < 4.78 is 20.2. The average Bonchev–Trinajstić information content (AvgIpc) is 3.23. The Morgan fingerprint density at radius 2 is 1.94 bits per heavy atom. The van der Waals surface area contributed by atoms with Crippen LogP contribution >= 0.6 is 23.4 Å². The van der Waals surface area contributed by atoms with Gasteiger partial charge < -0.3 is 15.0 Å². The molecule has 0 bridgehead atoms. The quantitative estimate of drug-likeness (QED) is 0.237. The Morgan fingerprint density at radius 3 is 2.71 bits per heavy atom. The van der Waals surface area contributed by atoms with E-state index in [4.69, 9.17) is 21.3 Å². The Labute approximate surface area is 207 Å². The number of hydrogen-bond donors (Lipinski definition) is 2. The number of halogens is 2. The van der Waals surface area contributed by atoms with Crippen molar-refractivity contribution in [2.45, 2.75) is 5.16 Å². The minimum atomic E-state index is -0.425. The molecule has 0 spiro atoms. The number of benzene rings is 3. The van der Waals surface area contributed by atoms with Crippen LogP contribution in [0.15, 0.2) is 76.7 Å². The van der Waals surface area contributed by atoms with Crippen LogP contribution in [0.5, 0.6) is 5.75 Å². The van der Waals surface area contributed by atoms with Gasteiger partial charge in [-0.3, -0.25) is 14.2 Å². The van der Waals surface area contributed by atoms with Crippen molar-refractivity contribution < 1.29 is 13.9 Å². The number of aromatic nitrogens is 3. The van der Waals surface area contributed by atoms with Gasteiger partial charge in [-0.2, -0.15) is 0 Å². The Kier molecular flexibility index (Phi) is 6.19. The number of anilines is 1. The number of para-hydroxylation sites is 1. The molecule has 0 unspecified atom stereocenters. The van der Waals surface area contributed by atoms with E-state index in [1.54, 1.807) is 18.2 Å². The van der Waals surface area contributed by atoms with Gasteiger partial charge in [-0.15, -0.1) is 0 Å². The number of methoxy groups -OCH3 is 1. The molecule has 2 aromatic heterocycles. The van der Waals surface area contributed by atoms with E-state index in [0.29, 0.717) is 38.3 Å². The first-order chi connectivity index (χ1) is 16.9. The molecule has 5 rings (SSSR count). The number of amides is 1. The fourth-order valence-corrected chi connectivity index (χ4v) is 4.73. The zero-order chi connectivity index (χ0) is 24.5. The predicted octanol–water partition coefficient (Wildman–Crippen LogP) is 5.40.